The van der Waals surface area contributed by atoms with Crippen LogP contribution in [0.2, 0.25) is 0 Å². The van der Waals surface area contributed by atoms with Crippen LogP contribution in [-0.2, 0) is 9.59 Å². The van der Waals surface area contributed by atoms with Crippen LogP contribution in [0.3, 0.4) is 0 Å². The van der Waals surface area contributed by atoms with E-state index in [-0.39, 0.29) is 11.8 Å². The van der Waals surface area contributed by atoms with Crippen LogP contribution in [-0.4, -0.2) is 23.0 Å². The molecular formula is C10H15NO3. The molecule has 1 amide bonds. The second kappa shape index (κ2) is 3.26. The summed E-state index contributed by atoms with van der Waals surface area (Å²) < 4.78 is 0. The van der Waals surface area contributed by atoms with Crippen LogP contribution < -0.4 is 5.32 Å². The fourth-order valence-corrected chi connectivity index (χ4v) is 2.44. The van der Waals surface area contributed by atoms with E-state index in [1.807, 2.05) is 0 Å². The van der Waals surface area contributed by atoms with Gasteiger partial charge in [0.2, 0.25) is 5.91 Å². The van der Waals surface area contributed by atoms with E-state index < -0.39 is 5.97 Å². The van der Waals surface area contributed by atoms with Gasteiger partial charge in [0, 0.05) is 13.0 Å². The van der Waals surface area contributed by atoms with Gasteiger partial charge in [-0.25, -0.2) is 0 Å². The average molecular weight is 197 g/mol. The number of carboxylic acid groups (broad SMARTS) is 1. The van der Waals surface area contributed by atoms with Crippen molar-refractivity contribution in [3.05, 3.63) is 0 Å². The predicted octanol–water partition coefficient (Wildman–Crippen LogP) is 0.622. The molecule has 2 atom stereocenters. The Morgan fingerprint density at radius 1 is 1.29 bits per heavy atom. The number of carboxylic acids is 1. The van der Waals surface area contributed by atoms with Crippen molar-refractivity contribution in [2.45, 2.75) is 32.2 Å². The van der Waals surface area contributed by atoms with Crippen LogP contribution in [0.25, 0.3) is 0 Å². The third-order valence-corrected chi connectivity index (χ3v) is 3.34. The topological polar surface area (TPSA) is 66.4 Å². The van der Waals surface area contributed by atoms with Crippen LogP contribution in [0.5, 0.6) is 0 Å². The third kappa shape index (κ3) is 1.74. The molecule has 0 aromatic carbocycles. The van der Waals surface area contributed by atoms with Crippen molar-refractivity contribution in [2.24, 2.45) is 17.8 Å². The van der Waals surface area contributed by atoms with Crippen LogP contribution in [0.15, 0.2) is 0 Å². The summed E-state index contributed by atoms with van der Waals surface area (Å²) in [5, 5.41) is 11.6. The van der Waals surface area contributed by atoms with Crippen LogP contribution >= 0.6 is 0 Å². The zero-order chi connectivity index (χ0) is 10.3. The minimum absolute atomic E-state index is 0.0130. The maximum atomic E-state index is 10.7. The lowest BCUT2D eigenvalue weighted by molar-refractivity contribution is -0.139. The highest BCUT2D eigenvalue weighted by Crippen LogP contribution is 2.51. The van der Waals surface area contributed by atoms with Gasteiger partial charge >= 0.3 is 5.97 Å². The Balaban J connectivity index is 1.69. The summed E-state index contributed by atoms with van der Waals surface area (Å²) in [4.78, 5) is 21.3. The first kappa shape index (κ1) is 9.49. The molecule has 4 nitrogen and oxygen atoms in total. The van der Waals surface area contributed by atoms with Gasteiger partial charge in [0.25, 0.3) is 0 Å². The van der Waals surface area contributed by atoms with E-state index in [9.17, 15) is 9.59 Å². The SMILES string of the molecule is CC(=O)NC1CC(C2C[C@@H]2C(=O)O)C1. The fraction of sp³-hybridized carbons (Fsp3) is 0.800. The molecule has 2 N–H and O–H groups in total. The predicted molar refractivity (Wildman–Crippen MR) is 49.6 cm³/mol. The van der Waals surface area contributed by atoms with E-state index in [0.29, 0.717) is 17.9 Å². The van der Waals surface area contributed by atoms with Crippen LogP contribution in [0.4, 0.5) is 0 Å². The van der Waals surface area contributed by atoms with Crippen molar-refractivity contribution in [1.29, 1.82) is 0 Å². The molecular weight excluding hydrogens is 182 g/mol. The van der Waals surface area contributed by atoms with Crippen LogP contribution in [0.1, 0.15) is 26.2 Å². The maximum absolute atomic E-state index is 10.7. The number of hydrogen-bond donors (Lipinski definition) is 2. The smallest absolute Gasteiger partial charge is 0.306 e. The number of aliphatic carboxylic acids is 1. The van der Waals surface area contributed by atoms with Gasteiger partial charge in [-0.15, -0.1) is 0 Å². The van der Waals surface area contributed by atoms with Crippen LogP contribution in [0, 0.1) is 17.8 Å². The lowest BCUT2D eigenvalue weighted by atomic mass is 9.76. The van der Waals surface area contributed by atoms with Crippen molar-refractivity contribution >= 4 is 11.9 Å². The number of nitrogens with one attached hydrogen (secondary N) is 1. The van der Waals surface area contributed by atoms with Crippen molar-refractivity contribution < 1.29 is 14.7 Å². The Morgan fingerprint density at radius 2 is 1.93 bits per heavy atom. The lowest BCUT2D eigenvalue weighted by Gasteiger charge is -2.36. The molecule has 2 saturated carbocycles. The van der Waals surface area contributed by atoms with E-state index in [4.69, 9.17) is 5.11 Å². The van der Waals surface area contributed by atoms with Gasteiger partial charge in [0.15, 0.2) is 0 Å². The number of amides is 1. The Labute approximate surface area is 82.7 Å². The van der Waals surface area contributed by atoms with E-state index in [1.54, 1.807) is 0 Å². The summed E-state index contributed by atoms with van der Waals surface area (Å²) in [5.74, 6) is 0.181. The number of hydrogen-bond acceptors (Lipinski definition) is 2. The molecule has 1 unspecified atom stereocenters. The number of carbonyl (C=O) groups is 2. The Hall–Kier alpha value is -1.06. The van der Waals surface area contributed by atoms with Crippen molar-refractivity contribution in [2.75, 3.05) is 0 Å². The summed E-state index contributed by atoms with van der Waals surface area (Å²) in [6, 6.07) is 0.299. The minimum Gasteiger partial charge on any atom is -0.481 e. The van der Waals surface area contributed by atoms with Gasteiger partial charge in [0.1, 0.15) is 0 Å². The van der Waals surface area contributed by atoms with Crippen molar-refractivity contribution in [3.8, 4) is 0 Å². The summed E-state index contributed by atoms with van der Waals surface area (Å²) in [7, 11) is 0. The highest BCUT2D eigenvalue weighted by Gasteiger charge is 2.51. The molecule has 0 bridgehead atoms. The van der Waals surface area contributed by atoms with E-state index in [1.165, 1.54) is 6.92 Å². The molecule has 78 valence electrons. The molecule has 4 heteroatoms. The zero-order valence-electron chi connectivity index (χ0n) is 8.19. The highest BCUT2D eigenvalue weighted by molar-refractivity contribution is 5.74. The minimum atomic E-state index is -0.655. The average Bonchev–Trinajstić information content (AvgIpc) is 2.73. The first-order chi connectivity index (χ1) is 6.58. The molecule has 0 aliphatic heterocycles. The number of rotatable bonds is 3. The van der Waals surface area contributed by atoms with E-state index in [2.05, 4.69) is 5.32 Å². The fourth-order valence-electron chi connectivity index (χ4n) is 2.44. The molecule has 2 aliphatic carbocycles. The molecule has 14 heavy (non-hydrogen) atoms. The van der Waals surface area contributed by atoms with Gasteiger partial charge in [0.05, 0.1) is 5.92 Å². The quantitative estimate of drug-likeness (QED) is 0.697. The molecule has 0 aromatic heterocycles. The molecule has 0 saturated heterocycles. The molecule has 2 rings (SSSR count). The standard InChI is InChI=1S/C10H15NO3/c1-5(12)11-7-2-6(3-7)8-4-9(8)10(13)14/h6-9H,2-4H2,1H3,(H,11,12)(H,13,14)/t6?,7?,8?,9-/m0/s1. The first-order valence-corrected chi connectivity index (χ1v) is 5.08. The van der Waals surface area contributed by atoms with Gasteiger partial charge < -0.3 is 10.4 Å². The van der Waals surface area contributed by atoms with Crippen molar-refractivity contribution in [3.63, 3.8) is 0 Å². The van der Waals surface area contributed by atoms with Gasteiger partial charge in [-0.1, -0.05) is 0 Å². The largest absolute Gasteiger partial charge is 0.481 e. The Morgan fingerprint density at radius 3 is 2.36 bits per heavy atom. The molecule has 0 aromatic rings. The Kier molecular flexibility index (Phi) is 2.21. The second-order valence-corrected chi connectivity index (χ2v) is 4.47. The summed E-state index contributed by atoms with van der Waals surface area (Å²) >= 11 is 0. The summed E-state index contributed by atoms with van der Waals surface area (Å²) in [6.07, 6.45) is 2.77. The third-order valence-electron chi connectivity index (χ3n) is 3.34. The zero-order valence-corrected chi connectivity index (χ0v) is 8.19. The molecule has 0 heterocycles. The van der Waals surface area contributed by atoms with Gasteiger partial charge in [-0.05, 0) is 31.1 Å². The van der Waals surface area contributed by atoms with E-state index in [0.717, 1.165) is 19.3 Å². The molecule has 0 spiro atoms. The van der Waals surface area contributed by atoms with Crippen molar-refractivity contribution in [1.82, 2.24) is 5.32 Å². The Bertz CT molecular complexity index is 271. The maximum Gasteiger partial charge on any atom is 0.306 e. The second-order valence-electron chi connectivity index (χ2n) is 4.47. The number of carbonyl (C=O) groups excluding carboxylic acids is 1. The first-order valence-electron chi connectivity index (χ1n) is 5.08. The molecule has 2 fully saturated rings. The van der Waals surface area contributed by atoms with Gasteiger partial charge in [-0.3, -0.25) is 9.59 Å². The lowest BCUT2D eigenvalue weighted by Crippen LogP contribution is -2.44. The molecule has 2 aliphatic rings. The van der Waals surface area contributed by atoms with Gasteiger partial charge in [-0.2, -0.15) is 0 Å². The monoisotopic (exact) mass is 197 g/mol. The summed E-state index contributed by atoms with van der Waals surface area (Å²) in [6.45, 7) is 1.52. The summed E-state index contributed by atoms with van der Waals surface area (Å²) in [5.41, 5.74) is 0. The normalized spacial score (nSPS) is 39.8. The molecule has 0 radical (unpaired) electrons. The van der Waals surface area contributed by atoms with E-state index >= 15 is 0 Å². The highest BCUT2D eigenvalue weighted by atomic mass is 16.4.